The smallest absolute Gasteiger partial charge is 0.0642 e. The van der Waals surface area contributed by atoms with Crippen molar-refractivity contribution in [1.82, 2.24) is 0 Å². The summed E-state index contributed by atoms with van der Waals surface area (Å²) in [6, 6.07) is 16.9. The van der Waals surface area contributed by atoms with Gasteiger partial charge in [0.25, 0.3) is 0 Å². The highest BCUT2D eigenvalue weighted by Gasteiger charge is 2.25. The van der Waals surface area contributed by atoms with Crippen LogP contribution in [0.5, 0.6) is 0 Å². The van der Waals surface area contributed by atoms with Crippen LogP contribution in [0.4, 0.5) is 5.69 Å². The Balaban J connectivity index is 1.77. The van der Waals surface area contributed by atoms with Gasteiger partial charge in [0, 0.05) is 25.0 Å². The minimum Gasteiger partial charge on any atom is -0.370 e. The van der Waals surface area contributed by atoms with Crippen molar-refractivity contribution in [3.8, 4) is 0 Å². The van der Waals surface area contributed by atoms with Crippen LogP contribution in [-0.4, -0.2) is 13.1 Å². The summed E-state index contributed by atoms with van der Waals surface area (Å²) in [6.07, 6.45) is 1.18. The fourth-order valence-electron chi connectivity index (χ4n) is 3.04. The highest BCUT2D eigenvalue weighted by Crippen LogP contribution is 2.35. The fraction of sp³-hybridized carbons (Fsp3) is 0.333. The van der Waals surface area contributed by atoms with Crippen molar-refractivity contribution in [2.45, 2.75) is 25.3 Å². The van der Waals surface area contributed by atoms with Crippen LogP contribution in [0, 0.1) is 0 Å². The van der Waals surface area contributed by atoms with Crippen LogP contribution in [0.2, 0.25) is 5.02 Å². The Kier molecular flexibility index (Phi) is 4.18. The van der Waals surface area contributed by atoms with E-state index in [1.165, 1.54) is 12.0 Å². The summed E-state index contributed by atoms with van der Waals surface area (Å²) >= 11 is 6.45. The number of anilines is 1. The molecule has 3 heteroatoms. The molecular formula is C18H21ClN2. The molecule has 0 aliphatic carbocycles. The first-order valence-corrected chi connectivity index (χ1v) is 7.88. The van der Waals surface area contributed by atoms with Gasteiger partial charge < -0.3 is 10.6 Å². The normalized spacial score (nSPS) is 19.8. The molecule has 0 aromatic heterocycles. The first-order chi connectivity index (χ1) is 10.1. The number of nitrogens with two attached hydrogens (primary N) is 1. The number of benzene rings is 2. The van der Waals surface area contributed by atoms with Crippen LogP contribution >= 0.6 is 11.6 Å². The van der Waals surface area contributed by atoms with Gasteiger partial charge in [-0.15, -0.1) is 0 Å². The third-order valence-corrected chi connectivity index (χ3v) is 4.60. The van der Waals surface area contributed by atoms with Gasteiger partial charge >= 0.3 is 0 Å². The Morgan fingerprint density at radius 2 is 1.95 bits per heavy atom. The molecule has 1 aliphatic heterocycles. The summed E-state index contributed by atoms with van der Waals surface area (Å²) in [5.41, 5.74) is 9.54. The highest BCUT2D eigenvalue weighted by atomic mass is 35.5. The Morgan fingerprint density at radius 3 is 2.62 bits per heavy atom. The van der Waals surface area contributed by atoms with E-state index >= 15 is 0 Å². The van der Waals surface area contributed by atoms with E-state index in [-0.39, 0.29) is 6.04 Å². The second-order valence-corrected chi connectivity index (χ2v) is 6.25. The summed E-state index contributed by atoms with van der Waals surface area (Å²) in [5, 5.41) is 0.804. The molecule has 1 unspecified atom stereocenters. The molecule has 1 aliphatic rings. The van der Waals surface area contributed by atoms with Crippen LogP contribution in [0.15, 0.2) is 48.5 Å². The van der Waals surface area contributed by atoms with E-state index in [0.29, 0.717) is 5.92 Å². The third kappa shape index (κ3) is 3.07. The van der Waals surface area contributed by atoms with E-state index in [2.05, 4.69) is 47.4 Å². The molecule has 2 aromatic rings. The molecule has 2 aromatic carbocycles. The van der Waals surface area contributed by atoms with Crippen molar-refractivity contribution in [3.05, 3.63) is 64.7 Å². The summed E-state index contributed by atoms with van der Waals surface area (Å²) in [5.74, 6) is 0.593. The first-order valence-electron chi connectivity index (χ1n) is 7.50. The average molecular weight is 301 g/mol. The molecule has 1 fully saturated rings. The van der Waals surface area contributed by atoms with Crippen molar-refractivity contribution >= 4 is 17.3 Å². The summed E-state index contributed by atoms with van der Waals surface area (Å²) in [6.45, 7) is 4.06. The van der Waals surface area contributed by atoms with Crippen LogP contribution in [0.3, 0.4) is 0 Å². The Labute approximate surface area is 131 Å². The van der Waals surface area contributed by atoms with Crippen LogP contribution in [-0.2, 0) is 0 Å². The van der Waals surface area contributed by atoms with Gasteiger partial charge in [0.2, 0.25) is 0 Å². The summed E-state index contributed by atoms with van der Waals surface area (Å²) < 4.78 is 0. The Hall–Kier alpha value is -1.51. The van der Waals surface area contributed by atoms with Crippen LogP contribution in [0.25, 0.3) is 0 Å². The monoisotopic (exact) mass is 300 g/mol. The third-order valence-electron chi connectivity index (χ3n) is 4.30. The maximum absolute atomic E-state index is 6.45. The van der Waals surface area contributed by atoms with E-state index in [1.807, 2.05) is 13.0 Å². The zero-order valence-electron chi connectivity index (χ0n) is 12.3. The molecule has 1 saturated heterocycles. The maximum atomic E-state index is 6.45. The minimum absolute atomic E-state index is 0.0206. The predicted octanol–water partition coefficient (Wildman–Crippen LogP) is 4.35. The summed E-state index contributed by atoms with van der Waals surface area (Å²) in [4.78, 5) is 2.38. The molecule has 3 rings (SSSR count). The average Bonchev–Trinajstić information content (AvgIpc) is 2.97. The largest absolute Gasteiger partial charge is 0.370 e. The molecule has 0 spiro atoms. The zero-order valence-corrected chi connectivity index (χ0v) is 13.1. The lowest BCUT2D eigenvalue weighted by molar-refractivity contribution is 0.775. The maximum Gasteiger partial charge on any atom is 0.0642 e. The lowest BCUT2D eigenvalue weighted by Crippen LogP contribution is -2.19. The molecule has 21 heavy (non-hydrogen) atoms. The van der Waals surface area contributed by atoms with Gasteiger partial charge in [-0.05, 0) is 36.6 Å². The second-order valence-electron chi connectivity index (χ2n) is 5.84. The van der Waals surface area contributed by atoms with Crippen LogP contribution in [0.1, 0.15) is 36.4 Å². The van der Waals surface area contributed by atoms with Gasteiger partial charge in [0.1, 0.15) is 0 Å². The van der Waals surface area contributed by atoms with Crippen molar-refractivity contribution in [2.24, 2.45) is 5.73 Å². The number of nitrogens with zero attached hydrogens (tertiary/aromatic N) is 1. The molecule has 1 heterocycles. The number of hydrogen-bond acceptors (Lipinski definition) is 2. The molecule has 0 bridgehead atoms. The standard InChI is InChI=1S/C18H21ClN2/c1-13(20)15-7-8-18(17(19)11-15)21-10-9-16(12-21)14-5-3-2-4-6-14/h2-8,11,13,16H,9-10,12,20H2,1H3/t13-,16?/m0/s1. The van der Waals surface area contributed by atoms with E-state index in [1.54, 1.807) is 0 Å². The lowest BCUT2D eigenvalue weighted by Gasteiger charge is -2.21. The molecule has 0 radical (unpaired) electrons. The predicted molar refractivity (Wildman–Crippen MR) is 90.1 cm³/mol. The SMILES string of the molecule is C[C@H](N)c1ccc(N2CCC(c3ccccc3)C2)c(Cl)c1. The Bertz CT molecular complexity index is 610. The van der Waals surface area contributed by atoms with Gasteiger partial charge in [-0.3, -0.25) is 0 Å². The van der Waals surface area contributed by atoms with Crippen molar-refractivity contribution < 1.29 is 0 Å². The number of hydrogen-bond donors (Lipinski definition) is 1. The Morgan fingerprint density at radius 1 is 1.19 bits per heavy atom. The van der Waals surface area contributed by atoms with Crippen molar-refractivity contribution in [1.29, 1.82) is 0 Å². The summed E-state index contributed by atoms with van der Waals surface area (Å²) in [7, 11) is 0. The van der Waals surface area contributed by atoms with Gasteiger partial charge in [-0.2, -0.15) is 0 Å². The molecule has 0 amide bonds. The first kappa shape index (κ1) is 14.4. The zero-order chi connectivity index (χ0) is 14.8. The highest BCUT2D eigenvalue weighted by molar-refractivity contribution is 6.33. The van der Waals surface area contributed by atoms with Gasteiger partial charge in [-0.25, -0.2) is 0 Å². The number of halogens is 1. The van der Waals surface area contributed by atoms with E-state index < -0.39 is 0 Å². The van der Waals surface area contributed by atoms with Gasteiger partial charge in [-0.1, -0.05) is 48.0 Å². The van der Waals surface area contributed by atoms with Crippen LogP contribution < -0.4 is 10.6 Å². The van der Waals surface area contributed by atoms with E-state index in [0.717, 1.165) is 29.4 Å². The molecule has 2 nitrogen and oxygen atoms in total. The molecular weight excluding hydrogens is 280 g/mol. The molecule has 2 N–H and O–H groups in total. The lowest BCUT2D eigenvalue weighted by atomic mass is 9.99. The van der Waals surface area contributed by atoms with Crippen molar-refractivity contribution in [2.75, 3.05) is 18.0 Å². The molecule has 110 valence electrons. The number of rotatable bonds is 3. The van der Waals surface area contributed by atoms with E-state index in [9.17, 15) is 0 Å². The molecule has 0 saturated carbocycles. The van der Waals surface area contributed by atoms with E-state index in [4.69, 9.17) is 17.3 Å². The molecule has 2 atom stereocenters. The topological polar surface area (TPSA) is 29.3 Å². The van der Waals surface area contributed by atoms with Gasteiger partial charge in [0.15, 0.2) is 0 Å². The quantitative estimate of drug-likeness (QED) is 0.913. The van der Waals surface area contributed by atoms with Gasteiger partial charge in [0.05, 0.1) is 10.7 Å². The fourth-order valence-corrected chi connectivity index (χ4v) is 3.35. The second kappa shape index (κ2) is 6.08. The minimum atomic E-state index is 0.0206. The van der Waals surface area contributed by atoms with Crippen molar-refractivity contribution in [3.63, 3.8) is 0 Å².